The molecule has 1 amide bonds. The minimum atomic E-state index is -3.45. The van der Waals surface area contributed by atoms with Crippen molar-refractivity contribution in [2.24, 2.45) is 5.92 Å². The zero-order valence-electron chi connectivity index (χ0n) is 15.1. The lowest BCUT2D eigenvalue weighted by Crippen LogP contribution is -2.55. The first-order valence-electron chi connectivity index (χ1n) is 8.83. The Morgan fingerprint density at radius 3 is 2.69 bits per heavy atom. The summed E-state index contributed by atoms with van der Waals surface area (Å²) in [7, 11) is -3.45. The summed E-state index contributed by atoms with van der Waals surface area (Å²) in [6, 6.07) is 6.21. The van der Waals surface area contributed by atoms with Gasteiger partial charge in [-0.05, 0) is 44.4 Å². The molecule has 1 aliphatic carbocycles. The zero-order chi connectivity index (χ0) is 19.4. The number of carbonyl (C=O) groups is 2. The zero-order valence-corrected chi connectivity index (χ0v) is 15.9. The van der Waals surface area contributed by atoms with Gasteiger partial charge in [0.2, 0.25) is 10.0 Å². The normalized spacial score (nSPS) is 23.2. The molecule has 0 bridgehead atoms. The summed E-state index contributed by atoms with van der Waals surface area (Å²) in [5.41, 5.74) is -0.217. The number of carboxylic acid groups (broad SMARTS) is 1. The van der Waals surface area contributed by atoms with Gasteiger partial charge in [0.25, 0.3) is 5.91 Å². The van der Waals surface area contributed by atoms with Gasteiger partial charge in [0, 0.05) is 11.3 Å². The lowest BCUT2D eigenvalue weighted by Gasteiger charge is -2.39. The number of nitrogens with one attached hydrogen (secondary N) is 2. The Hall–Kier alpha value is -2.09. The smallest absolute Gasteiger partial charge is 0.308 e. The summed E-state index contributed by atoms with van der Waals surface area (Å²) in [4.78, 5) is 24.2. The van der Waals surface area contributed by atoms with Gasteiger partial charge >= 0.3 is 5.97 Å². The molecule has 3 N–H and O–H groups in total. The van der Waals surface area contributed by atoms with Crippen LogP contribution in [0, 0.1) is 5.92 Å². The fourth-order valence-corrected chi connectivity index (χ4v) is 4.56. The lowest BCUT2D eigenvalue weighted by atomic mass is 9.73. The number of amides is 1. The number of hydrogen-bond acceptors (Lipinski definition) is 4. The van der Waals surface area contributed by atoms with E-state index in [1.165, 1.54) is 6.07 Å². The summed E-state index contributed by atoms with van der Waals surface area (Å²) in [6.45, 7) is 3.53. The van der Waals surface area contributed by atoms with Crippen molar-refractivity contribution in [3.05, 3.63) is 29.8 Å². The van der Waals surface area contributed by atoms with Crippen LogP contribution in [0.4, 0.5) is 5.69 Å². The van der Waals surface area contributed by atoms with Gasteiger partial charge < -0.3 is 10.4 Å². The van der Waals surface area contributed by atoms with E-state index in [1.54, 1.807) is 32.0 Å². The summed E-state index contributed by atoms with van der Waals surface area (Å²) in [6.07, 6.45) is 3.31. The third-order valence-corrected chi connectivity index (χ3v) is 6.27. The quantitative estimate of drug-likeness (QED) is 0.671. The molecule has 7 nitrogen and oxygen atoms in total. The maximum Gasteiger partial charge on any atom is 0.308 e. The minimum Gasteiger partial charge on any atom is -0.481 e. The monoisotopic (exact) mass is 382 g/mol. The van der Waals surface area contributed by atoms with E-state index in [2.05, 4.69) is 10.0 Å². The number of sulfonamides is 1. The van der Waals surface area contributed by atoms with Crippen LogP contribution in [0.5, 0.6) is 0 Å². The van der Waals surface area contributed by atoms with Crippen molar-refractivity contribution >= 4 is 27.6 Å². The second-order valence-electron chi connectivity index (χ2n) is 7.01. The molecule has 0 heterocycles. The van der Waals surface area contributed by atoms with Crippen molar-refractivity contribution in [1.29, 1.82) is 0 Å². The van der Waals surface area contributed by atoms with E-state index in [-0.39, 0.29) is 11.3 Å². The highest BCUT2D eigenvalue weighted by Gasteiger charge is 2.42. The molecule has 0 saturated heterocycles. The average molecular weight is 382 g/mol. The highest BCUT2D eigenvalue weighted by atomic mass is 32.2. The van der Waals surface area contributed by atoms with E-state index in [0.29, 0.717) is 24.9 Å². The summed E-state index contributed by atoms with van der Waals surface area (Å²) < 4.78 is 26.2. The van der Waals surface area contributed by atoms with Gasteiger partial charge in [-0.15, -0.1) is 0 Å². The van der Waals surface area contributed by atoms with Crippen LogP contribution >= 0.6 is 0 Å². The van der Waals surface area contributed by atoms with Crippen molar-refractivity contribution in [2.45, 2.75) is 51.5 Å². The van der Waals surface area contributed by atoms with Crippen LogP contribution in [0.2, 0.25) is 0 Å². The number of carbonyl (C=O) groups excluding carboxylic acids is 1. The minimum absolute atomic E-state index is 0.00177. The van der Waals surface area contributed by atoms with Gasteiger partial charge in [0.1, 0.15) is 0 Å². The molecule has 0 radical (unpaired) electrons. The van der Waals surface area contributed by atoms with Gasteiger partial charge in [-0.25, -0.2) is 8.42 Å². The molecule has 1 aromatic carbocycles. The molecule has 1 saturated carbocycles. The van der Waals surface area contributed by atoms with Gasteiger partial charge in [-0.3, -0.25) is 14.3 Å². The second-order valence-corrected chi connectivity index (χ2v) is 8.85. The SMILES string of the molecule is CCCS(=O)(=O)Nc1cccc(C(=O)NC2(C)CCCCC2C(=O)O)c1. The van der Waals surface area contributed by atoms with Gasteiger partial charge in [-0.2, -0.15) is 0 Å². The second kappa shape index (κ2) is 8.07. The summed E-state index contributed by atoms with van der Waals surface area (Å²) in [5, 5.41) is 12.3. The van der Waals surface area contributed by atoms with Crippen LogP contribution in [-0.2, 0) is 14.8 Å². The molecular formula is C18H26N2O5S. The van der Waals surface area contributed by atoms with Crippen molar-refractivity contribution < 1.29 is 23.1 Å². The molecule has 1 aliphatic rings. The molecule has 1 aromatic rings. The number of rotatable bonds is 7. The van der Waals surface area contributed by atoms with Gasteiger partial charge in [0.05, 0.1) is 17.2 Å². The third-order valence-electron chi connectivity index (χ3n) is 4.78. The predicted molar refractivity (Wildman–Crippen MR) is 99.6 cm³/mol. The topological polar surface area (TPSA) is 113 Å². The molecule has 2 atom stereocenters. The summed E-state index contributed by atoms with van der Waals surface area (Å²) >= 11 is 0. The largest absolute Gasteiger partial charge is 0.481 e. The van der Waals surface area contributed by atoms with Crippen molar-refractivity contribution in [3.8, 4) is 0 Å². The van der Waals surface area contributed by atoms with Crippen LogP contribution in [0.1, 0.15) is 56.3 Å². The Morgan fingerprint density at radius 1 is 1.31 bits per heavy atom. The molecule has 0 aliphatic heterocycles. The molecule has 144 valence electrons. The van der Waals surface area contributed by atoms with Gasteiger partial charge in [0.15, 0.2) is 0 Å². The lowest BCUT2D eigenvalue weighted by molar-refractivity contribution is -0.145. The van der Waals surface area contributed by atoms with E-state index in [4.69, 9.17) is 0 Å². The first-order chi connectivity index (χ1) is 12.2. The van der Waals surface area contributed by atoms with E-state index in [9.17, 15) is 23.1 Å². The molecule has 2 rings (SSSR count). The summed E-state index contributed by atoms with van der Waals surface area (Å²) in [5.74, 6) is -1.95. The molecule has 2 unspecified atom stereocenters. The van der Waals surface area contributed by atoms with Crippen LogP contribution in [0.15, 0.2) is 24.3 Å². The van der Waals surface area contributed by atoms with E-state index in [0.717, 1.165) is 12.8 Å². The first kappa shape index (κ1) is 20.2. The fraction of sp³-hybridized carbons (Fsp3) is 0.556. The number of carboxylic acids is 1. The molecule has 8 heteroatoms. The van der Waals surface area contributed by atoms with Crippen LogP contribution in [0.25, 0.3) is 0 Å². The Bertz CT molecular complexity index is 778. The molecule has 0 spiro atoms. The van der Waals surface area contributed by atoms with E-state index >= 15 is 0 Å². The standard InChI is InChI=1S/C18H26N2O5S/c1-3-11-26(24,25)20-14-8-6-7-13(12-14)16(21)19-18(2)10-5-4-9-15(18)17(22)23/h6-8,12,15,20H,3-5,9-11H2,1-2H3,(H,19,21)(H,22,23). The van der Waals surface area contributed by atoms with E-state index in [1.807, 2.05) is 0 Å². The predicted octanol–water partition coefficient (Wildman–Crippen LogP) is 2.60. The highest BCUT2D eigenvalue weighted by molar-refractivity contribution is 7.92. The maximum absolute atomic E-state index is 12.6. The number of anilines is 1. The van der Waals surface area contributed by atoms with Crippen LogP contribution < -0.4 is 10.0 Å². The van der Waals surface area contributed by atoms with Crippen LogP contribution in [0.3, 0.4) is 0 Å². The van der Waals surface area contributed by atoms with Gasteiger partial charge in [-0.1, -0.05) is 25.8 Å². The number of aliphatic carboxylic acids is 1. The highest BCUT2D eigenvalue weighted by Crippen LogP contribution is 2.34. The number of benzene rings is 1. The third kappa shape index (κ3) is 4.97. The molecule has 0 aromatic heterocycles. The Kier molecular flexibility index (Phi) is 6.28. The number of hydrogen-bond donors (Lipinski definition) is 3. The Labute approximate surface area is 154 Å². The van der Waals surface area contributed by atoms with E-state index < -0.39 is 33.4 Å². The Morgan fingerprint density at radius 2 is 2.04 bits per heavy atom. The average Bonchev–Trinajstić information content (AvgIpc) is 2.54. The molecular weight excluding hydrogens is 356 g/mol. The van der Waals surface area contributed by atoms with Crippen LogP contribution in [-0.4, -0.2) is 36.7 Å². The first-order valence-corrected chi connectivity index (χ1v) is 10.5. The fourth-order valence-electron chi connectivity index (χ4n) is 3.43. The van der Waals surface area contributed by atoms with Crippen molar-refractivity contribution in [1.82, 2.24) is 5.32 Å². The molecule has 26 heavy (non-hydrogen) atoms. The Balaban J connectivity index is 2.17. The molecule has 1 fully saturated rings. The van der Waals surface area contributed by atoms with Crippen molar-refractivity contribution in [3.63, 3.8) is 0 Å². The van der Waals surface area contributed by atoms with Crippen molar-refractivity contribution in [2.75, 3.05) is 10.5 Å². The maximum atomic E-state index is 12.6.